The highest BCUT2D eigenvalue weighted by molar-refractivity contribution is 6.21. The van der Waals surface area contributed by atoms with E-state index < -0.39 is 0 Å². The molecule has 1 heteroatoms. The third kappa shape index (κ3) is 2.06. The largest absolute Gasteiger partial charge is 0.117 e. The fourth-order valence-corrected chi connectivity index (χ4v) is 2.74. The van der Waals surface area contributed by atoms with Crippen LogP contribution in [0.2, 0.25) is 0 Å². The molecule has 0 spiro atoms. The summed E-state index contributed by atoms with van der Waals surface area (Å²) in [6, 6.07) is 6.59. The van der Waals surface area contributed by atoms with Crippen molar-refractivity contribution < 1.29 is 0 Å². The molecule has 0 bridgehead atoms. The third-order valence-corrected chi connectivity index (χ3v) is 4.35. The summed E-state index contributed by atoms with van der Waals surface area (Å²) in [4.78, 5) is 0. The lowest BCUT2D eigenvalue weighted by Crippen LogP contribution is -2.00. The highest BCUT2D eigenvalue weighted by atomic mass is 35.5. The SMILES string of the molecule is Cc1ccc(C(Cl)C2CC2(C)C)cc1C. The van der Waals surface area contributed by atoms with Crippen LogP contribution in [-0.2, 0) is 0 Å². The Kier molecular flexibility index (Phi) is 2.58. The van der Waals surface area contributed by atoms with Crippen LogP contribution >= 0.6 is 11.6 Å². The van der Waals surface area contributed by atoms with E-state index in [0.29, 0.717) is 11.3 Å². The molecule has 0 aliphatic heterocycles. The molecular formula is C14H19Cl. The fraction of sp³-hybridized carbons (Fsp3) is 0.571. The minimum absolute atomic E-state index is 0.194. The van der Waals surface area contributed by atoms with Gasteiger partial charge in [0.15, 0.2) is 0 Å². The Balaban J connectivity index is 2.20. The van der Waals surface area contributed by atoms with Crippen molar-refractivity contribution in [2.45, 2.75) is 39.5 Å². The molecule has 1 fully saturated rings. The van der Waals surface area contributed by atoms with Crippen LogP contribution in [0.3, 0.4) is 0 Å². The minimum atomic E-state index is 0.194. The molecule has 0 nitrogen and oxygen atoms in total. The standard InChI is InChI=1S/C14H19Cl/c1-9-5-6-11(7-10(9)2)13(15)12-8-14(12,3)4/h5-7,12-13H,8H2,1-4H3. The molecule has 0 saturated heterocycles. The van der Waals surface area contributed by atoms with Crippen LogP contribution in [0.1, 0.15) is 42.3 Å². The molecule has 2 rings (SSSR count). The van der Waals surface area contributed by atoms with Gasteiger partial charge in [-0.1, -0.05) is 32.0 Å². The lowest BCUT2D eigenvalue weighted by Gasteiger charge is -2.13. The summed E-state index contributed by atoms with van der Waals surface area (Å²) in [5.41, 5.74) is 4.43. The molecule has 2 atom stereocenters. The summed E-state index contributed by atoms with van der Waals surface area (Å²) in [5, 5.41) is 0.194. The lowest BCUT2D eigenvalue weighted by molar-refractivity contribution is 0.548. The second-order valence-electron chi connectivity index (χ2n) is 5.54. The molecule has 2 unspecified atom stereocenters. The number of benzene rings is 1. The van der Waals surface area contributed by atoms with E-state index in [1.54, 1.807) is 0 Å². The van der Waals surface area contributed by atoms with Gasteiger partial charge in [-0.2, -0.15) is 0 Å². The minimum Gasteiger partial charge on any atom is -0.117 e. The van der Waals surface area contributed by atoms with Crippen LogP contribution in [0.25, 0.3) is 0 Å². The van der Waals surface area contributed by atoms with Crippen molar-refractivity contribution in [2.75, 3.05) is 0 Å². The molecule has 0 amide bonds. The van der Waals surface area contributed by atoms with Crippen LogP contribution in [0.15, 0.2) is 18.2 Å². The molecule has 0 radical (unpaired) electrons. The van der Waals surface area contributed by atoms with Crippen LogP contribution in [0.4, 0.5) is 0 Å². The Morgan fingerprint density at radius 3 is 2.33 bits per heavy atom. The number of aryl methyl sites for hydroxylation is 2. The Hall–Kier alpha value is -0.490. The molecule has 1 saturated carbocycles. The molecular weight excluding hydrogens is 204 g/mol. The first kappa shape index (κ1) is 11.0. The zero-order valence-corrected chi connectivity index (χ0v) is 10.7. The average molecular weight is 223 g/mol. The summed E-state index contributed by atoms with van der Waals surface area (Å²) >= 11 is 6.51. The summed E-state index contributed by atoms with van der Waals surface area (Å²) < 4.78 is 0. The average Bonchev–Trinajstić information content (AvgIpc) is 2.79. The second kappa shape index (κ2) is 3.52. The van der Waals surface area contributed by atoms with E-state index in [1.165, 1.54) is 23.1 Å². The molecule has 1 aromatic rings. The van der Waals surface area contributed by atoms with E-state index in [2.05, 4.69) is 45.9 Å². The zero-order chi connectivity index (χ0) is 11.2. The quantitative estimate of drug-likeness (QED) is 0.640. The van der Waals surface area contributed by atoms with Gasteiger partial charge in [0.1, 0.15) is 0 Å². The van der Waals surface area contributed by atoms with Crippen molar-refractivity contribution >= 4 is 11.6 Å². The summed E-state index contributed by atoms with van der Waals surface area (Å²) in [5.74, 6) is 0.654. The number of halogens is 1. The fourth-order valence-electron chi connectivity index (χ4n) is 2.18. The van der Waals surface area contributed by atoms with Gasteiger partial charge >= 0.3 is 0 Å². The Morgan fingerprint density at radius 1 is 1.27 bits per heavy atom. The predicted molar refractivity (Wildman–Crippen MR) is 66.4 cm³/mol. The van der Waals surface area contributed by atoms with Crippen molar-refractivity contribution in [3.05, 3.63) is 34.9 Å². The Morgan fingerprint density at radius 2 is 1.87 bits per heavy atom. The van der Waals surface area contributed by atoms with E-state index in [4.69, 9.17) is 11.6 Å². The van der Waals surface area contributed by atoms with Crippen molar-refractivity contribution in [1.82, 2.24) is 0 Å². The maximum absolute atomic E-state index is 6.51. The maximum Gasteiger partial charge on any atom is 0.0618 e. The molecule has 15 heavy (non-hydrogen) atoms. The number of rotatable bonds is 2. The van der Waals surface area contributed by atoms with Gasteiger partial charge in [-0.3, -0.25) is 0 Å². The number of alkyl halides is 1. The molecule has 0 aromatic heterocycles. The smallest absolute Gasteiger partial charge is 0.0618 e. The number of hydrogen-bond acceptors (Lipinski definition) is 0. The summed E-state index contributed by atoms with van der Waals surface area (Å²) in [6.45, 7) is 8.89. The van der Waals surface area contributed by atoms with Crippen LogP contribution in [-0.4, -0.2) is 0 Å². The second-order valence-corrected chi connectivity index (χ2v) is 6.01. The van der Waals surface area contributed by atoms with E-state index in [0.717, 1.165) is 0 Å². The highest BCUT2D eigenvalue weighted by Crippen LogP contribution is 2.59. The van der Waals surface area contributed by atoms with Crippen LogP contribution in [0, 0.1) is 25.2 Å². The molecule has 0 N–H and O–H groups in total. The first-order valence-corrected chi connectivity index (χ1v) is 6.07. The summed E-state index contributed by atoms with van der Waals surface area (Å²) in [7, 11) is 0. The van der Waals surface area contributed by atoms with Gasteiger partial charge in [0.05, 0.1) is 5.38 Å². The van der Waals surface area contributed by atoms with Gasteiger partial charge in [0.25, 0.3) is 0 Å². The van der Waals surface area contributed by atoms with E-state index in [1.807, 2.05) is 0 Å². The van der Waals surface area contributed by atoms with E-state index in [9.17, 15) is 0 Å². The molecule has 0 heterocycles. The molecule has 1 aliphatic rings. The van der Waals surface area contributed by atoms with Gasteiger partial charge in [-0.25, -0.2) is 0 Å². The van der Waals surface area contributed by atoms with Crippen molar-refractivity contribution in [3.63, 3.8) is 0 Å². The number of hydrogen-bond donors (Lipinski definition) is 0. The Labute approximate surface area is 97.6 Å². The van der Waals surface area contributed by atoms with Crippen molar-refractivity contribution in [1.29, 1.82) is 0 Å². The lowest BCUT2D eigenvalue weighted by atomic mass is 9.99. The molecule has 1 aromatic carbocycles. The monoisotopic (exact) mass is 222 g/mol. The topological polar surface area (TPSA) is 0 Å². The first-order chi connectivity index (χ1) is 6.92. The van der Waals surface area contributed by atoms with Crippen LogP contribution < -0.4 is 0 Å². The van der Waals surface area contributed by atoms with E-state index in [-0.39, 0.29) is 5.38 Å². The van der Waals surface area contributed by atoms with Crippen molar-refractivity contribution in [3.8, 4) is 0 Å². The van der Waals surface area contributed by atoms with Gasteiger partial charge in [0.2, 0.25) is 0 Å². The highest BCUT2D eigenvalue weighted by Gasteiger charge is 2.49. The first-order valence-electron chi connectivity index (χ1n) is 5.63. The molecule has 82 valence electrons. The van der Waals surface area contributed by atoms with Gasteiger partial charge in [-0.15, -0.1) is 11.6 Å². The van der Waals surface area contributed by atoms with Crippen LogP contribution in [0.5, 0.6) is 0 Å². The summed E-state index contributed by atoms with van der Waals surface area (Å²) in [6.07, 6.45) is 1.26. The van der Waals surface area contributed by atoms with E-state index >= 15 is 0 Å². The van der Waals surface area contributed by atoms with Crippen molar-refractivity contribution in [2.24, 2.45) is 11.3 Å². The molecule has 1 aliphatic carbocycles. The third-order valence-electron chi connectivity index (χ3n) is 3.79. The normalized spacial score (nSPS) is 25.0. The zero-order valence-electron chi connectivity index (χ0n) is 9.97. The van der Waals surface area contributed by atoms with Gasteiger partial charge in [-0.05, 0) is 48.3 Å². The maximum atomic E-state index is 6.51. The predicted octanol–water partition coefficient (Wildman–Crippen LogP) is 4.63. The van der Waals surface area contributed by atoms with Gasteiger partial charge < -0.3 is 0 Å². The Bertz CT molecular complexity index is 379. The van der Waals surface area contributed by atoms with Gasteiger partial charge in [0, 0.05) is 0 Å².